The molecule has 1 saturated heterocycles. The van der Waals surface area contributed by atoms with Gasteiger partial charge in [-0.05, 0) is 36.4 Å². The summed E-state index contributed by atoms with van der Waals surface area (Å²) in [6.07, 6.45) is 0. The van der Waals surface area contributed by atoms with E-state index >= 15 is 0 Å². The zero-order valence-electron chi connectivity index (χ0n) is 15.6. The van der Waals surface area contributed by atoms with Crippen LogP contribution in [0.3, 0.4) is 0 Å². The van der Waals surface area contributed by atoms with Gasteiger partial charge >= 0.3 is 0 Å². The van der Waals surface area contributed by atoms with E-state index in [-0.39, 0.29) is 24.1 Å². The Morgan fingerprint density at radius 1 is 1.17 bits per heavy atom. The van der Waals surface area contributed by atoms with Gasteiger partial charge in [0, 0.05) is 23.6 Å². The molecule has 1 fully saturated rings. The summed E-state index contributed by atoms with van der Waals surface area (Å²) in [7, 11) is 1.56. The van der Waals surface area contributed by atoms with Gasteiger partial charge in [0.05, 0.1) is 17.9 Å². The predicted octanol–water partition coefficient (Wildman–Crippen LogP) is 2.52. The number of hydrogen-bond donors (Lipinski definition) is 1. The summed E-state index contributed by atoms with van der Waals surface area (Å²) in [6.45, 7) is -0.259. The van der Waals surface area contributed by atoms with Crippen molar-refractivity contribution in [3.63, 3.8) is 0 Å². The van der Waals surface area contributed by atoms with E-state index in [0.29, 0.717) is 28.8 Å². The van der Waals surface area contributed by atoms with Crippen molar-refractivity contribution in [2.45, 2.75) is 6.04 Å². The van der Waals surface area contributed by atoms with Gasteiger partial charge in [0.1, 0.15) is 17.5 Å². The number of carbonyl (C=O) groups is 2. The average molecular weight is 417 g/mol. The molecule has 2 aromatic rings. The molecule has 0 saturated carbocycles. The third kappa shape index (κ3) is 5.17. The Balaban J connectivity index is 1.56. The van der Waals surface area contributed by atoms with Crippen molar-refractivity contribution in [2.24, 2.45) is 0 Å². The van der Waals surface area contributed by atoms with E-state index in [0.717, 1.165) is 0 Å². The zero-order valence-corrected chi connectivity index (χ0v) is 16.4. The van der Waals surface area contributed by atoms with Gasteiger partial charge in [-0.1, -0.05) is 0 Å². The van der Waals surface area contributed by atoms with Crippen LogP contribution >= 0.6 is 11.8 Å². The van der Waals surface area contributed by atoms with Gasteiger partial charge in [-0.25, -0.2) is 0 Å². The lowest BCUT2D eigenvalue weighted by atomic mass is 10.2. The highest BCUT2D eigenvalue weighted by atomic mass is 32.2. The fourth-order valence-corrected chi connectivity index (χ4v) is 3.88. The number of ether oxygens (including phenoxy) is 2. The second-order valence-electron chi connectivity index (χ2n) is 6.14. The van der Waals surface area contributed by atoms with Crippen LogP contribution < -0.4 is 14.8 Å². The molecule has 1 aliphatic rings. The molecule has 1 heterocycles. The van der Waals surface area contributed by atoms with Crippen LogP contribution in [-0.2, 0) is 9.59 Å². The number of nitro groups is 1. The van der Waals surface area contributed by atoms with Gasteiger partial charge < -0.3 is 19.7 Å². The third-order valence-electron chi connectivity index (χ3n) is 4.27. The summed E-state index contributed by atoms with van der Waals surface area (Å²) in [6, 6.07) is 11.8. The summed E-state index contributed by atoms with van der Waals surface area (Å²) in [5.41, 5.74) is 0.553. The maximum Gasteiger partial charge on any atom is 0.269 e. The predicted molar refractivity (Wildman–Crippen MR) is 108 cm³/mol. The molecule has 2 amide bonds. The Morgan fingerprint density at radius 3 is 2.45 bits per heavy atom. The molecule has 2 aromatic carbocycles. The normalized spacial score (nSPS) is 15.6. The van der Waals surface area contributed by atoms with E-state index in [2.05, 4.69) is 5.32 Å². The number of rotatable bonds is 7. The lowest BCUT2D eigenvalue weighted by Crippen LogP contribution is -2.46. The Hall–Kier alpha value is -3.27. The second-order valence-corrected chi connectivity index (χ2v) is 7.14. The van der Waals surface area contributed by atoms with E-state index in [4.69, 9.17) is 9.47 Å². The molecule has 0 radical (unpaired) electrons. The summed E-state index contributed by atoms with van der Waals surface area (Å²) < 4.78 is 10.5. The maximum atomic E-state index is 12.6. The lowest BCUT2D eigenvalue weighted by Gasteiger charge is -2.23. The minimum absolute atomic E-state index is 0.0603. The first-order valence-electron chi connectivity index (χ1n) is 8.67. The number of carbonyl (C=O) groups excluding carboxylic acids is 2. The fraction of sp³-hybridized carbons (Fsp3) is 0.263. The number of anilines is 1. The van der Waals surface area contributed by atoms with Crippen LogP contribution in [0.15, 0.2) is 48.5 Å². The van der Waals surface area contributed by atoms with Gasteiger partial charge in [-0.3, -0.25) is 19.7 Å². The highest BCUT2D eigenvalue weighted by Crippen LogP contribution is 2.24. The molecule has 0 bridgehead atoms. The number of amides is 2. The van der Waals surface area contributed by atoms with Crippen LogP contribution in [0.4, 0.5) is 11.4 Å². The van der Waals surface area contributed by atoms with Crippen molar-refractivity contribution in [1.29, 1.82) is 0 Å². The molecule has 1 unspecified atom stereocenters. The Morgan fingerprint density at radius 2 is 1.83 bits per heavy atom. The molecule has 1 N–H and O–H groups in total. The largest absolute Gasteiger partial charge is 0.497 e. The molecular formula is C19H19N3O6S. The molecule has 0 aromatic heterocycles. The lowest BCUT2D eigenvalue weighted by molar-refractivity contribution is -0.384. The molecule has 0 spiro atoms. The summed E-state index contributed by atoms with van der Waals surface area (Å²) >= 11 is 1.48. The summed E-state index contributed by atoms with van der Waals surface area (Å²) in [4.78, 5) is 36.8. The van der Waals surface area contributed by atoms with Crippen molar-refractivity contribution >= 4 is 35.0 Å². The highest BCUT2D eigenvalue weighted by molar-refractivity contribution is 7.99. The quantitative estimate of drug-likeness (QED) is 0.544. The van der Waals surface area contributed by atoms with Crippen LogP contribution in [0, 0.1) is 10.1 Å². The molecule has 29 heavy (non-hydrogen) atoms. The van der Waals surface area contributed by atoms with Gasteiger partial charge in [-0.2, -0.15) is 0 Å². The molecule has 10 heteroatoms. The first-order chi connectivity index (χ1) is 14.0. The molecule has 1 aliphatic heterocycles. The fourth-order valence-electron chi connectivity index (χ4n) is 2.70. The van der Waals surface area contributed by atoms with Crippen molar-refractivity contribution in [1.82, 2.24) is 4.90 Å². The van der Waals surface area contributed by atoms with Crippen LogP contribution in [-0.4, -0.2) is 53.0 Å². The zero-order chi connectivity index (χ0) is 20.8. The highest BCUT2D eigenvalue weighted by Gasteiger charge is 2.34. The molecule has 152 valence electrons. The average Bonchev–Trinajstić information content (AvgIpc) is 3.23. The first-order valence-corrected chi connectivity index (χ1v) is 9.83. The Labute approximate surface area is 171 Å². The van der Waals surface area contributed by atoms with E-state index in [9.17, 15) is 19.7 Å². The summed E-state index contributed by atoms with van der Waals surface area (Å²) in [5, 5.41) is 13.5. The minimum Gasteiger partial charge on any atom is -0.497 e. The van der Waals surface area contributed by atoms with E-state index in [1.165, 1.54) is 40.9 Å². The monoisotopic (exact) mass is 417 g/mol. The molecular weight excluding hydrogens is 398 g/mol. The van der Waals surface area contributed by atoms with Crippen molar-refractivity contribution in [3.05, 3.63) is 58.6 Å². The Kier molecular flexibility index (Phi) is 6.55. The van der Waals surface area contributed by atoms with Crippen LogP contribution in [0.2, 0.25) is 0 Å². The molecule has 3 rings (SSSR count). The maximum absolute atomic E-state index is 12.6. The number of thioether (sulfide) groups is 1. The number of hydrogen-bond acceptors (Lipinski definition) is 7. The van der Waals surface area contributed by atoms with E-state index in [1.807, 2.05) is 0 Å². The SMILES string of the molecule is COc1ccc(NC(=O)C2CSCN2C(=O)COc2ccc([N+](=O)[O-])cc2)cc1. The van der Waals surface area contributed by atoms with Crippen LogP contribution in [0.25, 0.3) is 0 Å². The third-order valence-corrected chi connectivity index (χ3v) is 5.28. The molecule has 9 nitrogen and oxygen atoms in total. The van der Waals surface area contributed by atoms with Gasteiger partial charge in [0.25, 0.3) is 11.6 Å². The first kappa shape index (κ1) is 20.5. The number of nitrogens with one attached hydrogen (secondary N) is 1. The molecule has 0 aliphatic carbocycles. The molecule has 1 atom stereocenters. The van der Waals surface area contributed by atoms with E-state index < -0.39 is 11.0 Å². The number of methoxy groups -OCH3 is 1. The van der Waals surface area contributed by atoms with Crippen molar-refractivity contribution in [3.8, 4) is 11.5 Å². The van der Waals surface area contributed by atoms with Gasteiger partial charge in [0.2, 0.25) is 5.91 Å². The van der Waals surface area contributed by atoms with Crippen LogP contribution in [0.1, 0.15) is 0 Å². The number of non-ortho nitro benzene ring substituents is 1. The van der Waals surface area contributed by atoms with E-state index in [1.54, 1.807) is 31.4 Å². The topological polar surface area (TPSA) is 111 Å². The van der Waals surface area contributed by atoms with Gasteiger partial charge in [0.15, 0.2) is 6.61 Å². The second kappa shape index (κ2) is 9.28. The number of nitro benzene ring substituents is 1. The van der Waals surface area contributed by atoms with Gasteiger partial charge in [-0.15, -0.1) is 11.8 Å². The smallest absolute Gasteiger partial charge is 0.269 e. The standard InChI is InChI=1S/C19H19N3O6S/c1-27-15-6-2-13(3-7-15)20-19(24)17-11-29-12-21(17)18(23)10-28-16-8-4-14(5-9-16)22(25)26/h2-9,17H,10-12H2,1H3,(H,20,24). The number of nitrogens with zero attached hydrogens (tertiary/aromatic N) is 2. The minimum atomic E-state index is -0.602. The Bertz CT molecular complexity index is 888. The number of benzene rings is 2. The van der Waals surface area contributed by atoms with Crippen LogP contribution in [0.5, 0.6) is 11.5 Å². The summed E-state index contributed by atoms with van der Waals surface area (Å²) in [5.74, 6) is 1.30. The van der Waals surface area contributed by atoms with Crippen molar-refractivity contribution < 1.29 is 24.0 Å². The van der Waals surface area contributed by atoms with Crippen molar-refractivity contribution in [2.75, 3.05) is 30.7 Å².